The molecule has 4 heteroatoms. The van der Waals surface area contributed by atoms with Crippen molar-refractivity contribution in [2.75, 3.05) is 13.2 Å². The molecule has 0 N–H and O–H groups in total. The van der Waals surface area contributed by atoms with E-state index in [2.05, 4.69) is 15.9 Å². The van der Waals surface area contributed by atoms with E-state index in [4.69, 9.17) is 9.47 Å². The lowest BCUT2D eigenvalue weighted by Gasteiger charge is -2.13. The molecule has 0 amide bonds. The van der Waals surface area contributed by atoms with Gasteiger partial charge in [0, 0.05) is 6.61 Å². The fraction of sp³-hybridized carbons (Fsp3) is 0.455. The van der Waals surface area contributed by atoms with E-state index in [9.17, 15) is 4.39 Å². The Balaban J connectivity index is 2.47. The lowest BCUT2D eigenvalue weighted by molar-refractivity contribution is 0.0402. The van der Waals surface area contributed by atoms with Gasteiger partial charge in [-0.05, 0) is 48.0 Å². The van der Waals surface area contributed by atoms with Crippen LogP contribution in [0.5, 0.6) is 5.75 Å². The molecule has 0 bridgehead atoms. The van der Waals surface area contributed by atoms with Crippen molar-refractivity contribution in [1.29, 1.82) is 0 Å². The highest BCUT2D eigenvalue weighted by molar-refractivity contribution is 9.10. The Morgan fingerprint density at radius 3 is 2.80 bits per heavy atom. The third-order valence-corrected chi connectivity index (χ3v) is 2.43. The summed E-state index contributed by atoms with van der Waals surface area (Å²) in [4.78, 5) is 0. The van der Waals surface area contributed by atoms with Crippen LogP contribution in [-0.4, -0.2) is 19.3 Å². The Bertz CT molecular complexity index is 317. The molecular formula is C11H14BrFO2. The second-order valence-electron chi connectivity index (χ2n) is 3.15. The Labute approximate surface area is 97.5 Å². The van der Waals surface area contributed by atoms with Crippen LogP contribution in [0.1, 0.15) is 13.8 Å². The SMILES string of the molecule is CCOC(C)COc1ccc(F)c(Br)c1. The summed E-state index contributed by atoms with van der Waals surface area (Å²) in [5, 5.41) is 0. The fourth-order valence-corrected chi connectivity index (χ4v) is 1.47. The second-order valence-corrected chi connectivity index (χ2v) is 4.01. The summed E-state index contributed by atoms with van der Waals surface area (Å²) in [6.45, 7) is 5.00. The first-order chi connectivity index (χ1) is 7.13. The number of ether oxygens (including phenoxy) is 2. The predicted molar refractivity (Wildman–Crippen MR) is 60.7 cm³/mol. The molecule has 0 heterocycles. The quantitative estimate of drug-likeness (QED) is 0.821. The summed E-state index contributed by atoms with van der Waals surface area (Å²) < 4.78 is 24.0. The van der Waals surface area contributed by atoms with Gasteiger partial charge in [-0.2, -0.15) is 0 Å². The lowest BCUT2D eigenvalue weighted by Crippen LogP contribution is -2.17. The maximum Gasteiger partial charge on any atom is 0.137 e. The molecule has 15 heavy (non-hydrogen) atoms. The lowest BCUT2D eigenvalue weighted by atomic mass is 10.3. The molecule has 0 radical (unpaired) electrons. The summed E-state index contributed by atoms with van der Waals surface area (Å²) in [6, 6.07) is 4.57. The smallest absolute Gasteiger partial charge is 0.137 e. The Kier molecular flexibility index (Phi) is 5.05. The van der Waals surface area contributed by atoms with E-state index in [1.165, 1.54) is 6.07 Å². The van der Waals surface area contributed by atoms with Crippen LogP contribution < -0.4 is 4.74 Å². The number of halogens is 2. The molecule has 0 fully saturated rings. The first kappa shape index (κ1) is 12.5. The molecule has 84 valence electrons. The molecule has 0 saturated heterocycles. The van der Waals surface area contributed by atoms with Crippen LogP contribution in [-0.2, 0) is 4.74 Å². The average molecular weight is 277 g/mol. The Morgan fingerprint density at radius 1 is 1.47 bits per heavy atom. The van der Waals surface area contributed by atoms with Gasteiger partial charge < -0.3 is 9.47 Å². The minimum Gasteiger partial charge on any atom is -0.491 e. The summed E-state index contributed by atoms with van der Waals surface area (Å²) in [5.41, 5.74) is 0. The maximum atomic E-state index is 12.9. The largest absolute Gasteiger partial charge is 0.491 e. The minimum absolute atomic E-state index is 0.0406. The molecule has 1 rings (SSSR count). The van der Waals surface area contributed by atoms with Crippen molar-refractivity contribution in [1.82, 2.24) is 0 Å². The van der Waals surface area contributed by atoms with Crippen molar-refractivity contribution in [3.63, 3.8) is 0 Å². The predicted octanol–water partition coefficient (Wildman–Crippen LogP) is 3.39. The van der Waals surface area contributed by atoms with E-state index in [-0.39, 0.29) is 11.9 Å². The monoisotopic (exact) mass is 276 g/mol. The van der Waals surface area contributed by atoms with Gasteiger partial charge in [0.15, 0.2) is 0 Å². The van der Waals surface area contributed by atoms with E-state index < -0.39 is 0 Å². The fourth-order valence-electron chi connectivity index (χ4n) is 1.11. The van der Waals surface area contributed by atoms with Crippen molar-refractivity contribution >= 4 is 15.9 Å². The summed E-state index contributed by atoms with van der Waals surface area (Å²) >= 11 is 3.10. The Morgan fingerprint density at radius 2 is 2.20 bits per heavy atom. The molecule has 1 aromatic carbocycles. The van der Waals surface area contributed by atoms with Crippen molar-refractivity contribution in [2.24, 2.45) is 0 Å². The van der Waals surface area contributed by atoms with Crippen LogP contribution in [0.15, 0.2) is 22.7 Å². The van der Waals surface area contributed by atoms with Crippen LogP contribution in [0.25, 0.3) is 0 Å². The normalized spacial score (nSPS) is 12.5. The van der Waals surface area contributed by atoms with Gasteiger partial charge in [-0.15, -0.1) is 0 Å². The third kappa shape index (κ3) is 4.18. The first-order valence-electron chi connectivity index (χ1n) is 4.83. The van der Waals surface area contributed by atoms with Crippen LogP contribution in [0.2, 0.25) is 0 Å². The minimum atomic E-state index is -0.291. The molecule has 0 spiro atoms. The highest BCUT2D eigenvalue weighted by atomic mass is 79.9. The molecular weight excluding hydrogens is 263 g/mol. The Hall–Kier alpha value is -0.610. The van der Waals surface area contributed by atoms with Crippen molar-refractivity contribution in [2.45, 2.75) is 20.0 Å². The van der Waals surface area contributed by atoms with E-state index in [0.29, 0.717) is 23.4 Å². The van der Waals surface area contributed by atoms with E-state index >= 15 is 0 Å². The molecule has 2 nitrogen and oxygen atoms in total. The van der Waals surface area contributed by atoms with Gasteiger partial charge in [-0.3, -0.25) is 0 Å². The van der Waals surface area contributed by atoms with Crippen LogP contribution in [0, 0.1) is 5.82 Å². The van der Waals surface area contributed by atoms with Crippen molar-refractivity contribution in [3.8, 4) is 5.75 Å². The van der Waals surface area contributed by atoms with Crippen LogP contribution in [0.3, 0.4) is 0 Å². The standard InChI is InChI=1S/C11H14BrFO2/c1-3-14-8(2)7-15-9-4-5-11(13)10(12)6-9/h4-6,8H,3,7H2,1-2H3. The zero-order chi connectivity index (χ0) is 11.3. The van der Waals surface area contributed by atoms with Gasteiger partial charge in [0.25, 0.3) is 0 Å². The van der Waals surface area contributed by atoms with Gasteiger partial charge in [-0.25, -0.2) is 4.39 Å². The molecule has 0 aliphatic carbocycles. The molecule has 1 aromatic rings. The molecule has 0 aliphatic heterocycles. The summed E-state index contributed by atoms with van der Waals surface area (Å²) in [6.07, 6.45) is 0.0406. The number of benzene rings is 1. The van der Waals surface area contributed by atoms with Crippen LogP contribution >= 0.6 is 15.9 Å². The highest BCUT2D eigenvalue weighted by Crippen LogP contribution is 2.21. The number of hydrogen-bond donors (Lipinski definition) is 0. The van der Waals surface area contributed by atoms with Gasteiger partial charge in [0.2, 0.25) is 0 Å². The van der Waals surface area contributed by atoms with Gasteiger partial charge in [0.05, 0.1) is 10.6 Å². The van der Waals surface area contributed by atoms with Crippen LogP contribution in [0.4, 0.5) is 4.39 Å². The zero-order valence-electron chi connectivity index (χ0n) is 8.80. The van der Waals surface area contributed by atoms with Gasteiger partial charge >= 0.3 is 0 Å². The summed E-state index contributed by atoms with van der Waals surface area (Å²) in [5.74, 6) is 0.343. The molecule has 0 saturated carbocycles. The summed E-state index contributed by atoms with van der Waals surface area (Å²) in [7, 11) is 0. The molecule has 0 aromatic heterocycles. The highest BCUT2D eigenvalue weighted by Gasteiger charge is 2.04. The molecule has 0 aliphatic rings. The van der Waals surface area contributed by atoms with E-state index in [1.807, 2.05) is 13.8 Å². The van der Waals surface area contributed by atoms with E-state index in [0.717, 1.165) is 0 Å². The number of rotatable bonds is 5. The molecule has 1 atom stereocenters. The van der Waals surface area contributed by atoms with Gasteiger partial charge in [0.1, 0.15) is 18.2 Å². The number of hydrogen-bond acceptors (Lipinski definition) is 2. The zero-order valence-corrected chi connectivity index (χ0v) is 10.4. The van der Waals surface area contributed by atoms with Crippen molar-refractivity contribution < 1.29 is 13.9 Å². The topological polar surface area (TPSA) is 18.5 Å². The first-order valence-corrected chi connectivity index (χ1v) is 5.62. The van der Waals surface area contributed by atoms with Crippen molar-refractivity contribution in [3.05, 3.63) is 28.5 Å². The molecule has 1 unspecified atom stereocenters. The average Bonchev–Trinajstić information content (AvgIpc) is 2.20. The van der Waals surface area contributed by atoms with E-state index in [1.54, 1.807) is 12.1 Å². The van der Waals surface area contributed by atoms with Gasteiger partial charge in [-0.1, -0.05) is 0 Å². The second kappa shape index (κ2) is 6.08. The maximum absolute atomic E-state index is 12.9. The third-order valence-electron chi connectivity index (χ3n) is 1.83.